The van der Waals surface area contributed by atoms with Gasteiger partial charge in [0.25, 0.3) is 0 Å². The van der Waals surface area contributed by atoms with Gasteiger partial charge in [0.15, 0.2) is 0 Å². The Bertz CT molecular complexity index is 2340. The molecule has 0 amide bonds. The third-order valence-corrected chi connectivity index (χ3v) is 10.1. The van der Waals surface area contributed by atoms with E-state index in [1.165, 1.54) is 81.1 Å². The lowest BCUT2D eigenvalue weighted by Crippen LogP contribution is -1.95. The van der Waals surface area contributed by atoms with E-state index in [4.69, 9.17) is 0 Å². The number of fused-ring (bicyclic) bond motifs is 8. The third kappa shape index (κ3) is 4.34. The number of aromatic nitrogens is 1. The topological polar surface area (TPSA) is 4.93 Å². The molecule has 0 bridgehead atoms. The van der Waals surface area contributed by atoms with Gasteiger partial charge < -0.3 is 4.57 Å². The second-order valence-corrected chi connectivity index (χ2v) is 12.4. The van der Waals surface area contributed by atoms with Gasteiger partial charge >= 0.3 is 0 Å². The molecule has 0 N–H and O–H groups in total. The summed E-state index contributed by atoms with van der Waals surface area (Å²) in [6.45, 7) is 4.38. The molecule has 0 saturated carbocycles. The Morgan fingerprint density at radius 1 is 0.568 bits per heavy atom. The molecule has 0 aliphatic carbocycles. The van der Waals surface area contributed by atoms with Crippen molar-refractivity contribution in [3.63, 3.8) is 0 Å². The Morgan fingerprint density at radius 2 is 1.14 bits per heavy atom. The van der Waals surface area contributed by atoms with Crippen LogP contribution in [0.3, 0.4) is 0 Å². The maximum atomic E-state index is 2.49. The van der Waals surface area contributed by atoms with Crippen molar-refractivity contribution < 1.29 is 0 Å². The van der Waals surface area contributed by atoms with Crippen LogP contribution in [0.15, 0.2) is 157 Å². The van der Waals surface area contributed by atoms with Crippen LogP contribution in [-0.4, -0.2) is 4.57 Å². The Kier molecular flexibility index (Phi) is 6.58. The van der Waals surface area contributed by atoms with Gasteiger partial charge in [-0.1, -0.05) is 139 Å². The molecule has 44 heavy (non-hydrogen) atoms. The average Bonchev–Trinajstić information content (AvgIpc) is 3.42. The summed E-state index contributed by atoms with van der Waals surface area (Å²) in [6, 6.07) is 53.0. The van der Waals surface area contributed by atoms with E-state index < -0.39 is 0 Å². The molecular weight excluding hydrogens is 551 g/mol. The van der Waals surface area contributed by atoms with Crippen LogP contribution in [0.2, 0.25) is 0 Å². The molecule has 8 aromatic rings. The zero-order valence-corrected chi connectivity index (χ0v) is 25.6. The number of thioether (sulfide) groups is 1. The first-order valence-corrected chi connectivity index (χ1v) is 16.0. The van der Waals surface area contributed by atoms with Crippen molar-refractivity contribution in [3.05, 3.63) is 163 Å². The molecule has 8 rings (SSSR count). The highest BCUT2D eigenvalue weighted by molar-refractivity contribution is 8.08. The lowest BCUT2D eigenvalue weighted by molar-refractivity contribution is 1.18. The highest BCUT2D eigenvalue weighted by Gasteiger charge is 2.20. The van der Waals surface area contributed by atoms with Crippen LogP contribution in [0, 0.1) is 6.92 Å². The molecular formula is C42H31NS. The van der Waals surface area contributed by atoms with Crippen molar-refractivity contribution >= 4 is 60.0 Å². The molecule has 0 aliphatic heterocycles. The van der Waals surface area contributed by atoms with Crippen LogP contribution in [0.1, 0.15) is 18.1 Å². The monoisotopic (exact) mass is 581 g/mol. The quantitative estimate of drug-likeness (QED) is 0.145. The van der Waals surface area contributed by atoms with E-state index in [0.29, 0.717) is 0 Å². The van der Waals surface area contributed by atoms with Crippen LogP contribution < -0.4 is 0 Å². The van der Waals surface area contributed by atoms with Crippen molar-refractivity contribution in [3.8, 4) is 16.8 Å². The van der Waals surface area contributed by atoms with Gasteiger partial charge in [-0.15, -0.1) is 0 Å². The third-order valence-electron chi connectivity index (χ3n) is 8.71. The molecule has 0 radical (unpaired) electrons. The van der Waals surface area contributed by atoms with Crippen LogP contribution in [0.5, 0.6) is 0 Å². The van der Waals surface area contributed by atoms with Gasteiger partial charge in [-0.25, -0.2) is 0 Å². The van der Waals surface area contributed by atoms with Crippen molar-refractivity contribution in [2.75, 3.05) is 0 Å². The van der Waals surface area contributed by atoms with Crippen LogP contribution in [-0.2, 0) is 0 Å². The summed E-state index contributed by atoms with van der Waals surface area (Å²) in [5, 5.41) is 7.74. The number of rotatable bonds is 5. The van der Waals surface area contributed by atoms with E-state index in [2.05, 4.69) is 170 Å². The van der Waals surface area contributed by atoms with Crippen molar-refractivity contribution in [2.45, 2.75) is 18.7 Å². The second kappa shape index (κ2) is 10.9. The van der Waals surface area contributed by atoms with Gasteiger partial charge in [0.05, 0.1) is 11.0 Å². The second-order valence-electron chi connectivity index (χ2n) is 11.3. The SMILES string of the molecule is C/C=C(\Sc1cc2c3c4ccccc4c4ccccc4c3n(-c3ccc(-c4ccccc4)cc3)c2cc1C)c1ccccc1. The maximum Gasteiger partial charge on any atom is 0.0625 e. The number of hydrogen-bond acceptors (Lipinski definition) is 1. The van der Waals surface area contributed by atoms with Crippen molar-refractivity contribution in [2.24, 2.45) is 0 Å². The molecule has 0 unspecified atom stereocenters. The molecule has 1 heterocycles. The smallest absolute Gasteiger partial charge is 0.0625 e. The highest BCUT2D eigenvalue weighted by Crippen LogP contribution is 2.45. The van der Waals surface area contributed by atoms with Gasteiger partial charge in [-0.3, -0.25) is 0 Å². The van der Waals surface area contributed by atoms with Gasteiger partial charge in [0.2, 0.25) is 0 Å². The molecule has 210 valence electrons. The fraction of sp³-hybridized carbons (Fsp3) is 0.0476. The minimum absolute atomic E-state index is 1.17. The van der Waals surface area contributed by atoms with E-state index in [1.807, 2.05) is 11.8 Å². The molecule has 1 nitrogen and oxygen atoms in total. The van der Waals surface area contributed by atoms with E-state index in [0.717, 1.165) is 0 Å². The predicted molar refractivity (Wildman–Crippen MR) is 192 cm³/mol. The number of allylic oxidation sites excluding steroid dienone is 1. The summed E-state index contributed by atoms with van der Waals surface area (Å²) in [7, 11) is 0. The first-order valence-electron chi connectivity index (χ1n) is 15.1. The number of benzene rings is 7. The Balaban J connectivity index is 1.44. The number of hydrogen-bond donors (Lipinski definition) is 0. The summed E-state index contributed by atoms with van der Waals surface area (Å²) < 4.78 is 2.49. The van der Waals surface area contributed by atoms with Gasteiger partial charge in [-0.2, -0.15) is 0 Å². The van der Waals surface area contributed by atoms with Gasteiger partial charge in [-0.05, 0) is 76.5 Å². The fourth-order valence-corrected chi connectivity index (χ4v) is 7.63. The fourth-order valence-electron chi connectivity index (χ4n) is 6.62. The molecule has 0 spiro atoms. The predicted octanol–water partition coefficient (Wildman–Crippen LogP) is 12.2. The van der Waals surface area contributed by atoms with E-state index in [-0.39, 0.29) is 0 Å². The van der Waals surface area contributed by atoms with Gasteiger partial charge in [0.1, 0.15) is 0 Å². The zero-order valence-electron chi connectivity index (χ0n) is 24.8. The first kappa shape index (κ1) is 26.6. The van der Waals surface area contributed by atoms with Crippen LogP contribution in [0.4, 0.5) is 0 Å². The first-order chi connectivity index (χ1) is 21.7. The Labute approximate surface area is 262 Å². The van der Waals surface area contributed by atoms with Crippen LogP contribution in [0.25, 0.3) is 65.1 Å². The average molecular weight is 582 g/mol. The van der Waals surface area contributed by atoms with Crippen molar-refractivity contribution in [1.29, 1.82) is 0 Å². The lowest BCUT2D eigenvalue weighted by Gasteiger charge is -2.13. The largest absolute Gasteiger partial charge is 0.309 e. The number of nitrogens with zero attached hydrogens (tertiary/aromatic N) is 1. The zero-order chi connectivity index (χ0) is 29.6. The molecule has 1 aromatic heterocycles. The summed E-state index contributed by atoms with van der Waals surface area (Å²) >= 11 is 1.86. The van der Waals surface area contributed by atoms with E-state index in [1.54, 1.807) is 0 Å². The summed E-state index contributed by atoms with van der Waals surface area (Å²) in [4.78, 5) is 2.55. The molecule has 2 heteroatoms. The lowest BCUT2D eigenvalue weighted by atomic mass is 9.96. The summed E-state index contributed by atoms with van der Waals surface area (Å²) in [5.41, 5.74) is 8.64. The summed E-state index contributed by atoms with van der Waals surface area (Å²) in [5.74, 6) is 0. The van der Waals surface area contributed by atoms with Gasteiger partial charge in [0, 0.05) is 31.6 Å². The van der Waals surface area contributed by atoms with Crippen molar-refractivity contribution in [1.82, 2.24) is 4.57 Å². The Hall–Kier alpha value is -5.05. The van der Waals surface area contributed by atoms with E-state index in [9.17, 15) is 0 Å². The standard InChI is InChI=1S/C42H31NS/c1-3-39(31-16-8-5-9-17-31)44-40-27-37-38(26-28(40)2)43(32-24-22-30(23-25-32)29-14-6-4-7-15-29)42-36-21-13-11-19-34(36)33-18-10-12-20-35(33)41(37)42/h3-27H,1-2H3/b39-3-. The Morgan fingerprint density at radius 3 is 1.82 bits per heavy atom. The molecule has 0 aliphatic rings. The van der Waals surface area contributed by atoms with Crippen LogP contribution >= 0.6 is 11.8 Å². The minimum atomic E-state index is 1.17. The molecule has 7 aromatic carbocycles. The molecule has 0 fully saturated rings. The number of aryl methyl sites for hydroxylation is 1. The van der Waals surface area contributed by atoms with E-state index >= 15 is 0 Å². The molecule has 0 atom stereocenters. The maximum absolute atomic E-state index is 2.49. The summed E-state index contributed by atoms with van der Waals surface area (Å²) in [6.07, 6.45) is 2.23. The normalized spacial score (nSPS) is 12.1. The minimum Gasteiger partial charge on any atom is -0.309 e. The highest BCUT2D eigenvalue weighted by atomic mass is 32.2. The molecule has 0 saturated heterocycles.